The Morgan fingerprint density at radius 1 is 1.33 bits per heavy atom. The van der Waals surface area contributed by atoms with Gasteiger partial charge in [-0.15, -0.1) is 0 Å². The van der Waals surface area contributed by atoms with Crippen molar-refractivity contribution in [2.45, 2.75) is 44.2 Å². The van der Waals surface area contributed by atoms with E-state index in [-0.39, 0.29) is 5.91 Å². The lowest BCUT2D eigenvalue weighted by molar-refractivity contribution is -0.121. The smallest absolute Gasteiger partial charge is 0.221 e. The Kier molecular flexibility index (Phi) is 3.59. The van der Waals surface area contributed by atoms with E-state index in [9.17, 15) is 4.79 Å². The summed E-state index contributed by atoms with van der Waals surface area (Å²) in [5.74, 6) is 0.120. The van der Waals surface area contributed by atoms with Gasteiger partial charge in [-0.1, -0.05) is 6.42 Å². The molecule has 2 fully saturated rings. The highest BCUT2D eigenvalue weighted by atomic mass is 16.1. The van der Waals surface area contributed by atoms with Crippen molar-refractivity contribution in [2.75, 3.05) is 19.6 Å². The summed E-state index contributed by atoms with van der Waals surface area (Å²) in [7, 11) is 0. The fraction of sp³-hybridized carbons (Fsp3) is 0.909. The molecule has 0 aliphatic carbocycles. The third-order valence-electron chi connectivity index (χ3n) is 3.57. The van der Waals surface area contributed by atoms with E-state index in [1.54, 1.807) is 0 Å². The van der Waals surface area contributed by atoms with E-state index in [4.69, 9.17) is 5.73 Å². The van der Waals surface area contributed by atoms with Crippen LogP contribution in [-0.4, -0.2) is 42.5 Å². The fourth-order valence-electron chi connectivity index (χ4n) is 2.83. The van der Waals surface area contributed by atoms with Crippen molar-refractivity contribution in [3.63, 3.8) is 0 Å². The van der Waals surface area contributed by atoms with Crippen molar-refractivity contribution < 1.29 is 4.79 Å². The summed E-state index contributed by atoms with van der Waals surface area (Å²) >= 11 is 0. The van der Waals surface area contributed by atoms with Gasteiger partial charge >= 0.3 is 0 Å². The lowest BCUT2D eigenvalue weighted by Gasteiger charge is -2.32. The monoisotopic (exact) mass is 211 g/mol. The molecule has 86 valence electrons. The lowest BCUT2D eigenvalue weighted by Crippen LogP contribution is -2.47. The van der Waals surface area contributed by atoms with Crippen LogP contribution in [-0.2, 0) is 4.79 Å². The second kappa shape index (κ2) is 4.94. The van der Waals surface area contributed by atoms with Gasteiger partial charge in [0.05, 0.1) is 0 Å². The number of carbonyl (C=O) groups is 1. The molecular weight excluding hydrogens is 190 g/mol. The number of hydrogen-bond acceptors (Lipinski definition) is 3. The first-order chi connectivity index (χ1) is 7.31. The van der Waals surface area contributed by atoms with Gasteiger partial charge in [0.2, 0.25) is 5.91 Å². The molecule has 4 heteroatoms. The maximum atomic E-state index is 11.5. The molecule has 0 bridgehead atoms. The van der Waals surface area contributed by atoms with Crippen molar-refractivity contribution in [3.8, 4) is 0 Å². The zero-order chi connectivity index (χ0) is 10.7. The Morgan fingerprint density at radius 3 is 3.00 bits per heavy atom. The highest BCUT2D eigenvalue weighted by Crippen LogP contribution is 2.26. The van der Waals surface area contributed by atoms with Gasteiger partial charge in [0.25, 0.3) is 0 Å². The molecule has 2 atom stereocenters. The Morgan fingerprint density at radius 2 is 2.20 bits per heavy atom. The highest BCUT2D eigenvalue weighted by Gasteiger charge is 2.35. The van der Waals surface area contributed by atoms with Crippen molar-refractivity contribution in [3.05, 3.63) is 0 Å². The van der Waals surface area contributed by atoms with E-state index in [2.05, 4.69) is 10.2 Å². The van der Waals surface area contributed by atoms with Crippen LogP contribution in [0.5, 0.6) is 0 Å². The molecule has 0 spiro atoms. The summed E-state index contributed by atoms with van der Waals surface area (Å²) in [6.07, 6.45) is 5.45. The fourth-order valence-corrected chi connectivity index (χ4v) is 2.83. The quantitative estimate of drug-likeness (QED) is 0.695. The molecule has 0 saturated carbocycles. The van der Waals surface area contributed by atoms with Gasteiger partial charge in [-0.25, -0.2) is 0 Å². The number of nitrogens with zero attached hydrogens (tertiary/aromatic N) is 1. The summed E-state index contributed by atoms with van der Waals surface area (Å²) in [4.78, 5) is 14.0. The minimum absolute atomic E-state index is 0.120. The second-order valence-corrected chi connectivity index (χ2v) is 4.60. The molecule has 0 radical (unpaired) electrons. The van der Waals surface area contributed by atoms with Gasteiger partial charge in [0.15, 0.2) is 0 Å². The molecule has 2 rings (SSSR count). The van der Waals surface area contributed by atoms with E-state index < -0.39 is 0 Å². The van der Waals surface area contributed by atoms with Crippen molar-refractivity contribution in [1.29, 1.82) is 0 Å². The number of amides is 1. The molecule has 1 amide bonds. The van der Waals surface area contributed by atoms with Crippen molar-refractivity contribution in [1.82, 2.24) is 10.2 Å². The van der Waals surface area contributed by atoms with Gasteiger partial charge in [-0.05, 0) is 25.8 Å². The number of nitrogens with two attached hydrogens (primary N) is 1. The average Bonchev–Trinajstić information content (AvgIpc) is 2.62. The normalized spacial score (nSPS) is 31.3. The predicted octanol–water partition coefficient (Wildman–Crippen LogP) is 0.0782. The van der Waals surface area contributed by atoms with Crippen LogP contribution in [0.1, 0.15) is 32.1 Å². The number of hydrogen-bond donors (Lipinski definition) is 2. The predicted molar refractivity (Wildman–Crippen MR) is 59.4 cm³/mol. The molecular formula is C11H21N3O. The van der Waals surface area contributed by atoms with Gasteiger partial charge in [0, 0.05) is 31.6 Å². The maximum absolute atomic E-state index is 11.5. The van der Waals surface area contributed by atoms with Crippen LogP contribution in [0.25, 0.3) is 0 Å². The van der Waals surface area contributed by atoms with Crippen LogP contribution in [0.2, 0.25) is 0 Å². The Bertz CT molecular complexity index is 232. The second-order valence-electron chi connectivity index (χ2n) is 4.60. The largest absolute Gasteiger partial charge is 0.352 e. The van der Waals surface area contributed by atoms with E-state index in [1.807, 2.05) is 0 Å². The minimum atomic E-state index is 0.120. The van der Waals surface area contributed by atoms with Crippen LogP contribution in [0.15, 0.2) is 0 Å². The van der Waals surface area contributed by atoms with E-state index >= 15 is 0 Å². The molecule has 2 saturated heterocycles. The third-order valence-corrected chi connectivity index (χ3v) is 3.57. The topological polar surface area (TPSA) is 58.4 Å². The lowest BCUT2D eigenvalue weighted by atomic mass is 9.99. The van der Waals surface area contributed by atoms with Crippen LogP contribution in [0.3, 0.4) is 0 Å². The molecule has 0 aromatic carbocycles. The summed E-state index contributed by atoms with van der Waals surface area (Å²) in [5, 5.41) is 3.12. The summed E-state index contributed by atoms with van der Waals surface area (Å²) in [5.41, 5.74) is 5.36. The third kappa shape index (κ3) is 2.49. The standard InChI is InChI=1S/C11H21N3O/c12-6-4-11(15)13-9-5-8-14-7-2-1-3-10(9)14/h9-10H,1-8,12H2,(H,13,15). The first-order valence-electron chi connectivity index (χ1n) is 6.05. The number of rotatable bonds is 3. The van der Waals surface area contributed by atoms with E-state index in [1.165, 1.54) is 25.8 Å². The Balaban J connectivity index is 1.85. The Hall–Kier alpha value is -0.610. The van der Waals surface area contributed by atoms with Crippen LogP contribution < -0.4 is 11.1 Å². The molecule has 15 heavy (non-hydrogen) atoms. The highest BCUT2D eigenvalue weighted by molar-refractivity contribution is 5.76. The molecule has 3 N–H and O–H groups in total. The SMILES string of the molecule is NCCC(=O)NC1CCN2CCCCC12. The molecule has 2 heterocycles. The summed E-state index contributed by atoms with van der Waals surface area (Å²) < 4.78 is 0. The molecule has 2 aliphatic rings. The van der Waals surface area contributed by atoms with Gasteiger partial charge in [-0.3, -0.25) is 9.69 Å². The number of piperidine rings is 1. The molecule has 0 aromatic rings. The van der Waals surface area contributed by atoms with Crippen LogP contribution in [0.4, 0.5) is 0 Å². The zero-order valence-electron chi connectivity index (χ0n) is 9.24. The Labute approximate surface area is 91.2 Å². The summed E-state index contributed by atoms with van der Waals surface area (Å²) in [6.45, 7) is 2.82. The number of fused-ring (bicyclic) bond motifs is 1. The number of carbonyl (C=O) groups excluding carboxylic acids is 1. The van der Waals surface area contributed by atoms with Crippen LogP contribution >= 0.6 is 0 Å². The summed E-state index contributed by atoms with van der Waals surface area (Å²) in [6, 6.07) is 0.977. The molecule has 4 nitrogen and oxygen atoms in total. The van der Waals surface area contributed by atoms with E-state index in [0.717, 1.165) is 13.0 Å². The zero-order valence-corrected chi connectivity index (χ0v) is 9.24. The molecule has 2 aliphatic heterocycles. The molecule has 0 aromatic heterocycles. The first kappa shape index (κ1) is 10.9. The van der Waals surface area contributed by atoms with Gasteiger partial charge in [0.1, 0.15) is 0 Å². The van der Waals surface area contributed by atoms with Crippen molar-refractivity contribution in [2.24, 2.45) is 5.73 Å². The first-order valence-corrected chi connectivity index (χ1v) is 6.05. The molecule has 2 unspecified atom stereocenters. The number of nitrogens with one attached hydrogen (secondary N) is 1. The van der Waals surface area contributed by atoms with Crippen molar-refractivity contribution >= 4 is 5.91 Å². The maximum Gasteiger partial charge on any atom is 0.221 e. The van der Waals surface area contributed by atoms with Crippen LogP contribution in [0, 0.1) is 0 Å². The van der Waals surface area contributed by atoms with Gasteiger partial charge < -0.3 is 11.1 Å². The van der Waals surface area contributed by atoms with E-state index in [0.29, 0.717) is 25.0 Å². The average molecular weight is 211 g/mol. The van der Waals surface area contributed by atoms with Gasteiger partial charge in [-0.2, -0.15) is 0 Å². The minimum Gasteiger partial charge on any atom is -0.352 e.